The Morgan fingerprint density at radius 1 is 1.43 bits per heavy atom. The number of hydrogen-bond acceptors (Lipinski definition) is 3. The summed E-state index contributed by atoms with van der Waals surface area (Å²) in [7, 11) is 1.70. The van der Waals surface area contributed by atoms with Gasteiger partial charge in [-0.2, -0.15) is 0 Å². The molecular formula is C11H18N2O. The van der Waals surface area contributed by atoms with E-state index >= 15 is 0 Å². The average Bonchev–Trinajstić information content (AvgIpc) is 2.45. The molecule has 0 radical (unpaired) electrons. The van der Waals surface area contributed by atoms with E-state index in [0.29, 0.717) is 0 Å². The minimum atomic E-state index is 0.783. The first-order valence-electron chi connectivity index (χ1n) is 5.03. The van der Waals surface area contributed by atoms with Crippen molar-refractivity contribution in [3.63, 3.8) is 0 Å². The van der Waals surface area contributed by atoms with Crippen molar-refractivity contribution in [2.24, 2.45) is 4.99 Å². The first kappa shape index (κ1) is 10.8. The van der Waals surface area contributed by atoms with Gasteiger partial charge in [-0.1, -0.05) is 0 Å². The van der Waals surface area contributed by atoms with Crippen molar-refractivity contribution in [3.8, 4) is 0 Å². The molecule has 78 valence electrons. The maximum atomic E-state index is 5.24. The lowest BCUT2D eigenvalue weighted by Gasteiger charge is -2.22. The Morgan fingerprint density at radius 2 is 2.14 bits per heavy atom. The van der Waals surface area contributed by atoms with Gasteiger partial charge >= 0.3 is 0 Å². The number of methoxy groups -OCH3 is 1. The number of aliphatic imine (C=N–C) groups is 1. The minimum Gasteiger partial charge on any atom is -0.501 e. The van der Waals surface area contributed by atoms with E-state index in [1.165, 1.54) is 0 Å². The highest BCUT2D eigenvalue weighted by atomic mass is 16.5. The summed E-state index contributed by atoms with van der Waals surface area (Å²) >= 11 is 0. The van der Waals surface area contributed by atoms with Gasteiger partial charge in [-0.3, -0.25) is 0 Å². The molecule has 1 aliphatic rings. The van der Waals surface area contributed by atoms with Gasteiger partial charge in [0.2, 0.25) is 0 Å². The molecule has 0 saturated carbocycles. The van der Waals surface area contributed by atoms with Crippen LogP contribution in [0.4, 0.5) is 0 Å². The number of ether oxygens (including phenoxy) is 1. The molecule has 3 nitrogen and oxygen atoms in total. The van der Waals surface area contributed by atoms with Crippen LogP contribution in [0, 0.1) is 0 Å². The quantitative estimate of drug-likeness (QED) is 0.688. The van der Waals surface area contributed by atoms with Gasteiger partial charge in [-0.15, -0.1) is 0 Å². The average molecular weight is 194 g/mol. The van der Waals surface area contributed by atoms with E-state index in [4.69, 9.17) is 4.74 Å². The van der Waals surface area contributed by atoms with E-state index in [0.717, 1.165) is 31.1 Å². The zero-order chi connectivity index (χ0) is 10.4. The zero-order valence-corrected chi connectivity index (χ0v) is 9.16. The van der Waals surface area contributed by atoms with Crippen molar-refractivity contribution < 1.29 is 4.74 Å². The standard InChI is InChI=1S/C11H18N2O/c1-4-13(5-2)11-9-10(14-3)7-6-8-12-11/h6-8H,4-5,9H2,1-3H3. The molecule has 0 spiro atoms. The molecule has 0 aromatic rings. The smallest absolute Gasteiger partial charge is 0.112 e. The molecular weight excluding hydrogens is 176 g/mol. The second-order valence-electron chi connectivity index (χ2n) is 3.07. The Bertz CT molecular complexity index is 262. The highest BCUT2D eigenvalue weighted by molar-refractivity contribution is 5.85. The molecule has 0 aromatic carbocycles. The van der Waals surface area contributed by atoms with Gasteiger partial charge in [0.25, 0.3) is 0 Å². The van der Waals surface area contributed by atoms with Crippen LogP contribution in [-0.4, -0.2) is 30.9 Å². The fourth-order valence-electron chi connectivity index (χ4n) is 1.46. The second kappa shape index (κ2) is 5.47. The van der Waals surface area contributed by atoms with Crippen molar-refractivity contribution in [3.05, 3.63) is 24.1 Å². The SMILES string of the molecule is CCN(CC)C1=NC=CC=C(OC)C1. The molecule has 3 heteroatoms. The minimum absolute atomic E-state index is 0.783. The predicted molar refractivity (Wildman–Crippen MR) is 59.2 cm³/mol. The van der Waals surface area contributed by atoms with Crippen LogP contribution in [0.25, 0.3) is 0 Å². The van der Waals surface area contributed by atoms with Gasteiger partial charge in [0.15, 0.2) is 0 Å². The van der Waals surface area contributed by atoms with Crippen LogP contribution in [0.2, 0.25) is 0 Å². The first-order chi connectivity index (χ1) is 6.81. The molecule has 0 atom stereocenters. The highest BCUT2D eigenvalue weighted by Crippen LogP contribution is 2.10. The lowest BCUT2D eigenvalue weighted by Crippen LogP contribution is -2.30. The van der Waals surface area contributed by atoms with Gasteiger partial charge in [0, 0.05) is 19.3 Å². The molecule has 0 bridgehead atoms. The van der Waals surface area contributed by atoms with Crippen LogP contribution in [0.1, 0.15) is 20.3 Å². The molecule has 0 unspecified atom stereocenters. The molecule has 0 N–H and O–H groups in total. The van der Waals surface area contributed by atoms with Gasteiger partial charge < -0.3 is 9.64 Å². The van der Waals surface area contributed by atoms with Crippen LogP contribution in [0.3, 0.4) is 0 Å². The largest absolute Gasteiger partial charge is 0.501 e. The maximum absolute atomic E-state index is 5.24. The summed E-state index contributed by atoms with van der Waals surface area (Å²) in [4.78, 5) is 6.63. The molecule has 14 heavy (non-hydrogen) atoms. The van der Waals surface area contributed by atoms with Gasteiger partial charge in [0.1, 0.15) is 11.6 Å². The molecule has 0 aromatic heterocycles. The number of rotatable bonds is 3. The van der Waals surface area contributed by atoms with Crippen LogP contribution >= 0.6 is 0 Å². The topological polar surface area (TPSA) is 24.8 Å². The second-order valence-corrected chi connectivity index (χ2v) is 3.07. The van der Waals surface area contributed by atoms with E-state index in [-0.39, 0.29) is 0 Å². The third-order valence-corrected chi connectivity index (χ3v) is 2.31. The summed E-state index contributed by atoms with van der Waals surface area (Å²) in [5.41, 5.74) is 0. The van der Waals surface area contributed by atoms with Gasteiger partial charge in [-0.05, 0) is 26.0 Å². The summed E-state index contributed by atoms with van der Waals surface area (Å²) in [5, 5.41) is 0. The lowest BCUT2D eigenvalue weighted by molar-refractivity contribution is 0.284. The van der Waals surface area contributed by atoms with Crippen LogP contribution in [0.5, 0.6) is 0 Å². The first-order valence-corrected chi connectivity index (χ1v) is 5.03. The zero-order valence-electron chi connectivity index (χ0n) is 9.16. The highest BCUT2D eigenvalue weighted by Gasteiger charge is 2.10. The van der Waals surface area contributed by atoms with Crippen LogP contribution < -0.4 is 0 Å². The van der Waals surface area contributed by atoms with E-state index in [2.05, 4.69) is 23.7 Å². The fourth-order valence-corrected chi connectivity index (χ4v) is 1.46. The Hall–Kier alpha value is -1.25. The Morgan fingerprint density at radius 3 is 2.71 bits per heavy atom. The summed E-state index contributed by atoms with van der Waals surface area (Å²) < 4.78 is 5.24. The number of amidine groups is 1. The van der Waals surface area contributed by atoms with Gasteiger partial charge in [-0.25, -0.2) is 4.99 Å². The number of hydrogen-bond donors (Lipinski definition) is 0. The summed E-state index contributed by atoms with van der Waals surface area (Å²) in [5.74, 6) is 2.04. The molecule has 1 rings (SSSR count). The predicted octanol–water partition coefficient (Wildman–Crippen LogP) is 2.17. The number of allylic oxidation sites excluding steroid dienone is 2. The molecule has 0 fully saturated rings. The van der Waals surface area contributed by atoms with Crippen LogP contribution in [0.15, 0.2) is 29.1 Å². The summed E-state index contributed by atoms with van der Waals surface area (Å²) in [6.45, 7) is 6.24. The third kappa shape index (κ3) is 2.62. The van der Waals surface area contributed by atoms with E-state index in [1.807, 2.05) is 18.4 Å². The number of nitrogens with zero attached hydrogens (tertiary/aromatic N) is 2. The van der Waals surface area contributed by atoms with Crippen LogP contribution in [-0.2, 0) is 4.74 Å². The van der Waals surface area contributed by atoms with Crippen molar-refractivity contribution in [2.45, 2.75) is 20.3 Å². The maximum Gasteiger partial charge on any atom is 0.112 e. The van der Waals surface area contributed by atoms with E-state index in [1.54, 1.807) is 7.11 Å². The third-order valence-electron chi connectivity index (χ3n) is 2.31. The van der Waals surface area contributed by atoms with E-state index < -0.39 is 0 Å². The Labute approximate surface area is 85.8 Å². The van der Waals surface area contributed by atoms with E-state index in [9.17, 15) is 0 Å². The molecule has 0 amide bonds. The molecule has 0 aliphatic carbocycles. The molecule has 1 heterocycles. The molecule has 1 aliphatic heterocycles. The van der Waals surface area contributed by atoms with Crippen molar-refractivity contribution in [1.29, 1.82) is 0 Å². The monoisotopic (exact) mass is 194 g/mol. The van der Waals surface area contributed by atoms with Crippen molar-refractivity contribution in [1.82, 2.24) is 4.90 Å². The summed E-state index contributed by atoms with van der Waals surface area (Å²) in [6, 6.07) is 0. The lowest BCUT2D eigenvalue weighted by atomic mass is 10.3. The molecule has 0 saturated heterocycles. The van der Waals surface area contributed by atoms with Crippen molar-refractivity contribution in [2.75, 3.05) is 20.2 Å². The fraction of sp³-hybridized carbons (Fsp3) is 0.545. The summed E-state index contributed by atoms with van der Waals surface area (Å²) in [6.07, 6.45) is 6.47. The van der Waals surface area contributed by atoms with Gasteiger partial charge in [0.05, 0.1) is 13.5 Å². The van der Waals surface area contributed by atoms with Crippen molar-refractivity contribution >= 4 is 5.84 Å². The Balaban J connectivity index is 2.75. The Kier molecular flexibility index (Phi) is 4.23. The normalized spacial score (nSPS) is 15.6.